The van der Waals surface area contributed by atoms with Crippen molar-refractivity contribution in [1.29, 1.82) is 0 Å². The summed E-state index contributed by atoms with van der Waals surface area (Å²) in [6.07, 6.45) is 4.16. The first-order valence-electron chi connectivity index (χ1n) is 5.57. The highest BCUT2D eigenvalue weighted by atomic mass is 32.1. The number of benzene rings is 1. The van der Waals surface area contributed by atoms with Gasteiger partial charge in [-0.2, -0.15) is 0 Å². The van der Waals surface area contributed by atoms with Crippen LogP contribution in [0.2, 0.25) is 0 Å². The second-order valence-electron chi connectivity index (χ2n) is 4.57. The van der Waals surface area contributed by atoms with Crippen molar-refractivity contribution in [2.24, 2.45) is 0 Å². The molecule has 0 aliphatic carbocycles. The summed E-state index contributed by atoms with van der Waals surface area (Å²) in [6, 6.07) is 9.90. The zero-order valence-corrected chi connectivity index (χ0v) is 11.4. The molecule has 0 amide bonds. The topological polar surface area (TPSA) is 23.5 Å². The number of thiocarbonyl (C=S) groups is 1. The number of nitrogens with zero attached hydrogens (tertiary/aromatic N) is 1. The molecule has 0 radical (unpaired) electrons. The van der Waals surface area contributed by atoms with Gasteiger partial charge in [-0.15, -0.1) is 0 Å². The van der Waals surface area contributed by atoms with E-state index < -0.39 is 5.60 Å². The van der Waals surface area contributed by atoms with Crippen LogP contribution >= 0.6 is 12.2 Å². The maximum Gasteiger partial charge on any atom is 0.0865 e. The first-order chi connectivity index (χ1) is 7.91. The molecule has 1 N–H and O–H groups in total. The lowest BCUT2D eigenvalue weighted by Crippen LogP contribution is -2.31. The van der Waals surface area contributed by atoms with Gasteiger partial charge in [-0.25, -0.2) is 0 Å². The normalized spacial score (nSPS) is 14.6. The SMILES string of the molecule is CN(C)C(=S)CC(C)(O)/C=C/c1ccccc1. The Labute approximate surface area is 109 Å². The first kappa shape index (κ1) is 13.9. The van der Waals surface area contributed by atoms with E-state index in [2.05, 4.69) is 0 Å². The molecule has 0 bridgehead atoms. The summed E-state index contributed by atoms with van der Waals surface area (Å²) in [5.41, 5.74) is 0.167. The molecule has 0 heterocycles. The molecule has 0 aliphatic heterocycles. The molecule has 92 valence electrons. The summed E-state index contributed by atoms with van der Waals surface area (Å²) in [5.74, 6) is 0. The van der Waals surface area contributed by atoms with E-state index in [-0.39, 0.29) is 0 Å². The van der Waals surface area contributed by atoms with E-state index in [1.807, 2.05) is 55.4 Å². The Hall–Kier alpha value is -1.19. The van der Waals surface area contributed by atoms with Crippen LogP contribution in [-0.4, -0.2) is 34.7 Å². The van der Waals surface area contributed by atoms with Crippen molar-refractivity contribution in [2.75, 3.05) is 14.1 Å². The summed E-state index contributed by atoms with van der Waals surface area (Å²) in [5, 5.41) is 10.2. The third-order valence-corrected chi connectivity index (χ3v) is 2.95. The van der Waals surface area contributed by atoms with Gasteiger partial charge in [0.25, 0.3) is 0 Å². The van der Waals surface area contributed by atoms with Gasteiger partial charge < -0.3 is 10.0 Å². The molecular formula is C14H19NOS. The standard InChI is InChI=1S/C14H19NOS/c1-14(16,11-13(17)15(2)3)10-9-12-7-5-4-6-8-12/h4-10,16H,11H2,1-3H3/b10-9+. The van der Waals surface area contributed by atoms with E-state index in [9.17, 15) is 5.11 Å². The van der Waals surface area contributed by atoms with E-state index in [1.54, 1.807) is 13.0 Å². The van der Waals surface area contributed by atoms with E-state index in [0.29, 0.717) is 6.42 Å². The number of rotatable bonds is 4. The van der Waals surface area contributed by atoms with Crippen molar-refractivity contribution >= 4 is 23.3 Å². The highest BCUT2D eigenvalue weighted by Gasteiger charge is 2.19. The van der Waals surface area contributed by atoms with Crippen LogP contribution in [0.25, 0.3) is 6.08 Å². The minimum Gasteiger partial charge on any atom is -0.386 e. The lowest BCUT2D eigenvalue weighted by atomic mass is 10.0. The molecule has 2 nitrogen and oxygen atoms in total. The molecule has 17 heavy (non-hydrogen) atoms. The molecule has 0 fully saturated rings. The molecule has 0 spiro atoms. The first-order valence-corrected chi connectivity index (χ1v) is 5.98. The Morgan fingerprint density at radius 1 is 1.35 bits per heavy atom. The maximum atomic E-state index is 10.2. The molecule has 1 unspecified atom stereocenters. The zero-order valence-electron chi connectivity index (χ0n) is 10.6. The minimum absolute atomic E-state index is 0.457. The molecular weight excluding hydrogens is 230 g/mol. The van der Waals surface area contributed by atoms with Crippen LogP contribution < -0.4 is 0 Å². The van der Waals surface area contributed by atoms with Crippen LogP contribution in [0.15, 0.2) is 36.4 Å². The molecule has 1 atom stereocenters. The van der Waals surface area contributed by atoms with Crippen molar-refractivity contribution in [3.8, 4) is 0 Å². The fraction of sp³-hybridized carbons (Fsp3) is 0.357. The minimum atomic E-state index is -0.906. The molecule has 3 heteroatoms. The van der Waals surface area contributed by atoms with Gasteiger partial charge in [0.2, 0.25) is 0 Å². The lowest BCUT2D eigenvalue weighted by molar-refractivity contribution is 0.119. The van der Waals surface area contributed by atoms with Gasteiger partial charge in [-0.3, -0.25) is 0 Å². The monoisotopic (exact) mass is 249 g/mol. The zero-order chi connectivity index (χ0) is 12.9. The number of aliphatic hydroxyl groups is 1. The summed E-state index contributed by atoms with van der Waals surface area (Å²) in [7, 11) is 3.78. The summed E-state index contributed by atoms with van der Waals surface area (Å²) in [6.45, 7) is 1.77. The predicted octanol–water partition coefficient (Wildman–Crippen LogP) is 2.73. The maximum absolute atomic E-state index is 10.2. The van der Waals surface area contributed by atoms with Gasteiger partial charge in [0.1, 0.15) is 0 Å². The van der Waals surface area contributed by atoms with E-state index in [4.69, 9.17) is 12.2 Å². The van der Waals surface area contributed by atoms with Crippen molar-refractivity contribution in [2.45, 2.75) is 18.9 Å². The van der Waals surface area contributed by atoms with Crippen LogP contribution in [-0.2, 0) is 0 Å². The van der Waals surface area contributed by atoms with Crippen molar-refractivity contribution in [3.05, 3.63) is 42.0 Å². The third kappa shape index (κ3) is 5.11. The molecule has 0 aliphatic rings. The highest BCUT2D eigenvalue weighted by Crippen LogP contribution is 2.15. The average Bonchev–Trinajstić information content (AvgIpc) is 2.27. The van der Waals surface area contributed by atoms with Gasteiger partial charge >= 0.3 is 0 Å². The molecule has 0 saturated heterocycles. The number of hydrogen-bond donors (Lipinski definition) is 1. The molecule has 0 saturated carbocycles. The molecule has 1 aromatic rings. The van der Waals surface area contributed by atoms with Gasteiger partial charge in [0, 0.05) is 20.5 Å². The van der Waals surface area contributed by atoms with Crippen LogP contribution in [0.4, 0.5) is 0 Å². The Bertz CT molecular complexity index is 396. The summed E-state index contributed by atoms with van der Waals surface area (Å²) < 4.78 is 0. The Morgan fingerprint density at radius 2 is 1.94 bits per heavy atom. The highest BCUT2D eigenvalue weighted by molar-refractivity contribution is 7.80. The summed E-state index contributed by atoms with van der Waals surface area (Å²) in [4.78, 5) is 2.59. The largest absolute Gasteiger partial charge is 0.386 e. The van der Waals surface area contributed by atoms with E-state index in [0.717, 1.165) is 10.6 Å². The molecule has 0 aromatic heterocycles. The van der Waals surface area contributed by atoms with Gasteiger partial charge in [0.05, 0.1) is 10.6 Å². The second-order valence-corrected chi connectivity index (χ2v) is 5.04. The van der Waals surface area contributed by atoms with Crippen molar-refractivity contribution in [1.82, 2.24) is 4.90 Å². The van der Waals surface area contributed by atoms with Crippen molar-refractivity contribution in [3.63, 3.8) is 0 Å². The second kappa shape index (κ2) is 5.94. The predicted molar refractivity (Wildman–Crippen MR) is 77.0 cm³/mol. The van der Waals surface area contributed by atoms with E-state index >= 15 is 0 Å². The Balaban J connectivity index is 2.66. The quantitative estimate of drug-likeness (QED) is 0.830. The third-order valence-electron chi connectivity index (χ3n) is 2.44. The van der Waals surface area contributed by atoms with Crippen LogP contribution in [0, 0.1) is 0 Å². The number of hydrogen-bond acceptors (Lipinski definition) is 2. The van der Waals surface area contributed by atoms with Crippen LogP contribution in [0.1, 0.15) is 18.9 Å². The fourth-order valence-electron chi connectivity index (χ4n) is 1.36. The van der Waals surface area contributed by atoms with Crippen molar-refractivity contribution < 1.29 is 5.11 Å². The lowest BCUT2D eigenvalue weighted by Gasteiger charge is -2.23. The van der Waals surface area contributed by atoms with Crippen LogP contribution in [0.5, 0.6) is 0 Å². The van der Waals surface area contributed by atoms with Crippen LogP contribution in [0.3, 0.4) is 0 Å². The molecule has 1 rings (SSSR count). The summed E-state index contributed by atoms with van der Waals surface area (Å²) >= 11 is 5.19. The molecule has 1 aromatic carbocycles. The smallest absolute Gasteiger partial charge is 0.0865 e. The van der Waals surface area contributed by atoms with Gasteiger partial charge in [-0.1, -0.05) is 54.7 Å². The fourth-order valence-corrected chi connectivity index (χ4v) is 1.66. The van der Waals surface area contributed by atoms with Gasteiger partial charge in [-0.05, 0) is 12.5 Å². The average molecular weight is 249 g/mol. The van der Waals surface area contributed by atoms with E-state index in [1.165, 1.54) is 0 Å². The Kier molecular flexibility index (Phi) is 4.85. The Morgan fingerprint density at radius 3 is 2.47 bits per heavy atom. The van der Waals surface area contributed by atoms with Gasteiger partial charge in [0.15, 0.2) is 0 Å².